The largest absolute Gasteiger partial charge is 0.481 e. The summed E-state index contributed by atoms with van der Waals surface area (Å²) >= 11 is 3.43. The first-order valence-corrected chi connectivity index (χ1v) is 6.62. The molecule has 0 saturated carbocycles. The van der Waals surface area contributed by atoms with Crippen LogP contribution in [0.1, 0.15) is 5.69 Å². The maximum absolute atomic E-state index is 10.9. The first kappa shape index (κ1) is 12.9. The van der Waals surface area contributed by atoms with Crippen molar-refractivity contribution < 1.29 is 14.3 Å². The van der Waals surface area contributed by atoms with Crippen molar-refractivity contribution >= 4 is 33.0 Å². The Bertz CT molecular complexity index is 806. The second kappa shape index (κ2) is 4.75. The Morgan fingerprint density at radius 3 is 3.05 bits per heavy atom. The van der Waals surface area contributed by atoms with Crippen LogP contribution in [-0.2, 0) is 18.3 Å². The lowest BCUT2D eigenvalue weighted by molar-refractivity contribution is -0.136. The average molecular weight is 336 g/mol. The monoisotopic (exact) mass is 335 g/mol. The fraction of sp³-hybridized carbons (Fsp3) is 0.154. The zero-order valence-electron chi connectivity index (χ0n) is 10.5. The van der Waals surface area contributed by atoms with Crippen molar-refractivity contribution in [2.75, 3.05) is 0 Å². The molecule has 0 aliphatic heterocycles. The van der Waals surface area contributed by atoms with E-state index in [2.05, 4.69) is 26.0 Å². The van der Waals surface area contributed by atoms with Crippen molar-refractivity contribution in [2.24, 2.45) is 7.05 Å². The van der Waals surface area contributed by atoms with E-state index in [9.17, 15) is 4.79 Å². The van der Waals surface area contributed by atoms with Gasteiger partial charge in [-0.15, -0.1) is 0 Å². The molecule has 6 nitrogen and oxygen atoms in total. The number of hydrogen-bond donors (Lipinski definition) is 1. The number of hydrogen-bond acceptors (Lipinski definition) is 4. The quantitative estimate of drug-likeness (QED) is 0.795. The van der Waals surface area contributed by atoms with Gasteiger partial charge in [0.25, 0.3) is 0 Å². The highest BCUT2D eigenvalue weighted by Gasteiger charge is 2.18. The van der Waals surface area contributed by atoms with Crippen LogP contribution in [0.5, 0.6) is 0 Å². The first-order chi connectivity index (χ1) is 9.56. The Labute approximate surface area is 122 Å². The Morgan fingerprint density at radius 2 is 2.30 bits per heavy atom. The Hall–Kier alpha value is -2.15. The molecule has 0 amide bonds. The Kier molecular flexibility index (Phi) is 3.06. The van der Waals surface area contributed by atoms with E-state index in [0.717, 1.165) is 11.1 Å². The maximum Gasteiger partial charge on any atom is 0.309 e. The lowest BCUT2D eigenvalue weighted by atomic mass is 10.1. The highest BCUT2D eigenvalue weighted by atomic mass is 79.9. The summed E-state index contributed by atoms with van der Waals surface area (Å²) in [6, 6.07) is 5.55. The summed E-state index contributed by atoms with van der Waals surface area (Å²) in [7, 11) is 1.72. The highest BCUT2D eigenvalue weighted by Crippen LogP contribution is 2.32. The van der Waals surface area contributed by atoms with Crippen LogP contribution < -0.4 is 0 Å². The number of aryl methyl sites for hydroxylation is 1. The summed E-state index contributed by atoms with van der Waals surface area (Å²) < 4.78 is 7.52. The lowest BCUT2D eigenvalue weighted by Gasteiger charge is -1.98. The SMILES string of the molecule is Cn1nc(-c2ccc3ncoc3c2)c(Br)c1CC(=O)O. The number of rotatable bonds is 3. The molecule has 102 valence electrons. The van der Waals surface area contributed by atoms with Gasteiger partial charge in [0, 0.05) is 12.6 Å². The number of carboxylic acid groups (broad SMARTS) is 1. The van der Waals surface area contributed by atoms with Crippen LogP contribution in [0.2, 0.25) is 0 Å². The second-order valence-corrected chi connectivity index (χ2v) is 5.13. The van der Waals surface area contributed by atoms with Crippen LogP contribution in [0.25, 0.3) is 22.4 Å². The van der Waals surface area contributed by atoms with E-state index in [1.165, 1.54) is 6.39 Å². The van der Waals surface area contributed by atoms with E-state index < -0.39 is 5.97 Å². The third-order valence-electron chi connectivity index (χ3n) is 3.03. The first-order valence-electron chi connectivity index (χ1n) is 5.83. The molecular formula is C13H10BrN3O3. The van der Waals surface area contributed by atoms with Crippen LogP contribution in [0.3, 0.4) is 0 Å². The fourth-order valence-electron chi connectivity index (χ4n) is 2.06. The molecular weight excluding hydrogens is 326 g/mol. The molecule has 3 aromatic rings. The van der Waals surface area contributed by atoms with Gasteiger partial charge in [-0.3, -0.25) is 9.48 Å². The molecule has 2 heterocycles. The summed E-state index contributed by atoms with van der Waals surface area (Å²) in [5, 5.41) is 13.3. The number of benzene rings is 1. The van der Waals surface area contributed by atoms with E-state index in [1.54, 1.807) is 11.7 Å². The minimum atomic E-state index is -0.897. The van der Waals surface area contributed by atoms with Crippen LogP contribution >= 0.6 is 15.9 Å². The number of aliphatic carboxylic acids is 1. The van der Waals surface area contributed by atoms with Gasteiger partial charge in [0.2, 0.25) is 0 Å². The predicted molar refractivity (Wildman–Crippen MR) is 75.3 cm³/mol. The van der Waals surface area contributed by atoms with Crippen molar-refractivity contribution in [1.82, 2.24) is 14.8 Å². The van der Waals surface area contributed by atoms with Gasteiger partial charge in [-0.25, -0.2) is 4.98 Å². The fourth-order valence-corrected chi connectivity index (χ4v) is 2.76. The molecule has 0 fully saturated rings. The van der Waals surface area contributed by atoms with Crippen molar-refractivity contribution in [3.8, 4) is 11.3 Å². The van der Waals surface area contributed by atoms with Crippen LogP contribution in [-0.4, -0.2) is 25.8 Å². The summed E-state index contributed by atoms with van der Waals surface area (Å²) in [5.74, 6) is -0.897. The van der Waals surface area contributed by atoms with Crippen LogP contribution in [0.15, 0.2) is 33.5 Å². The van der Waals surface area contributed by atoms with Gasteiger partial charge in [-0.2, -0.15) is 5.10 Å². The molecule has 7 heteroatoms. The van der Waals surface area contributed by atoms with E-state index in [0.29, 0.717) is 21.4 Å². The third-order valence-corrected chi connectivity index (χ3v) is 3.86. The molecule has 0 saturated heterocycles. The minimum absolute atomic E-state index is 0.0887. The number of halogens is 1. The molecule has 0 atom stereocenters. The minimum Gasteiger partial charge on any atom is -0.481 e. The van der Waals surface area contributed by atoms with Crippen molar-refractivity contribution in [3.05, 3.63) is 34.8 Å². The standard InChI is InChI=1S/C13H10BrN3O3/c1-17-9(5-11(18)19)12(14)13(16-17)7-2-3-8-10(4-7)20-6-15-8/h2-4,6H,5H2,1H3,(H,18,19). The molecule has 0 aliphatic carbocycles. The molecule has 2 aromatic heterocycles. The van der Waals surface area contributed by atoms with E-state index in [4.69, 9.17) is 9.52 Å². The molecule has 0 radical (unpaired) electrons. The van der Waals surface area contributed by atoms with Gasteiger partial charge >= 0.3 is 5.97 Å². The van der Waals surface area contributed by atoms with Gasteiger partial charge in [0.1, 0.15) is 11.2 Å². The van der Waals surface area contributed by atoms with Crippen molar-refractivity contribution in [1.29, 1.82) is 0 Å². The number of aromatic nitrogens is 3. The molecule has 0 unspecified atom stereocenters. The number of fused-ring (bicyclic) bond motifs is 1. The Balaban J connectivity index is 2.11. The summed E-state index contributed by atoms with van der Waals surface area (Å²) in [4.78, 5) is 14.9. The van der Waals surface area contributed by atoms with Crippen LogP contribution in [0, 0.1) is 0 Å². The van der Waals surface area contributed by atoms with Crippen LogP contribution in [0.4, 0.5) is 0 Å². The van der Waals surface area contributed by atoms with Gasteiger partial charge in [-0.05, 0) is 28.1 Å². The number of nitrogens with zero attached hydrogens (tertiary/aromatic N) is 3. The number of carbonyl (C=O) groups is 1. The molecule has 20 heavy (non-hydrogen) atoms. The van der Waals surface area contributed by atoms with Gasteiger partial charge in [0.05, 0.1) is 16.6 Å². The third kappa shape index (κ3) is 2.09. The topological polar surface area (TPSA) is 81.2 Å². The average Bonchev–Trinajstić information content (AvgIpc) is 2.97. The molecule has 0 bridgehead atoms. The van der Waals surface area contributed by atoms with Gasteiger partial charge < -0.3 is 9.52 Å². The van der Waals surface area contributed by atoms with E-state index >= 15 is 0 Å². The lowest BCUT2D eigenvalue weighted by Crippen LogP contribution is -2.06. The predicted octanol–water partition coefficient (Wildman–Crippen LogP) is 2.62. The molecule has 0 spiro atoms. The Morgan fingerprint density at radius 1 is 1.50 bits per heavy atom. The molecule has 1 aromatic carbocycles. The number of carboxylic acids is 1. The normalized spacial score (nSPS) is 11.1. The van der Waals surface area contributed by atoms with E-state index in [1.807, 2.05) is 18.2 Å². The van der Waals surface area contributed by atoms with E-state index in [-0.39, 0.29) is 6.42 Å². The number of oxazole rings is 1. The summed E-state index contributed by atoms with van der Waals surface area (Å²) in [5.41, 5.74) is 3.58. The van der Waals surface area contributed by atoms with Crippen molar-refractivity contribution in [3.63, 3.8) is 0 Å². The molecule has 3 rings (SSSR count). The zero-order chi connectivity index (χ0) is 14.3. The van der Waals surface area contributed by atoms with Gasteiger partial charge in [0.15, 0.2) is 12.0 Å². The smallest absolute Gasteiger partial charge is 0.309 e. The highest BCUT2D eigenvalue weighted by molar-refractivity contribution is 9.10. The maximum atomic E-state index is 10.9. The zero-order valence-corrected chi connectivity index (χ0v) is 12.1. The molecule has 0 aliphatic rings. The second-order valence-electron chi connectivity index (χ2n) is 4.34. The molecule has 1 N–H and O–H groups in total. The van der Waals surface area contributed by atoms with Crippen molar-refractivity contribution in [2.45, 2.75) is 6.42 Å². The summed E-state index contributed by atoms with van der Waals surface area (Å²) in [6.45, 7) is 0. The summed E-state index contributed by atoms with van der Waals surface area (Å²) in [6.07, 6.45) is 1.30. The van der Waals surface area contributed by atoms with Gasteiger partial charge in [-0.1, -0.05) is 6.07 Å².